The largest absolute Gasteiger partial charge is 0.493 e. The summed E-state index contributed by atoms with van der Waals surface area (Å²) < 4.78 is 17.5. The number of benzene rings is 1. The molecule has 0 spiro atoms. The highest BCUT2D eigenvalue weighted by Gasteiger charge is 2.32. The molecule has 0 saturated carbocycles. The van der Waals surface area contributed by atoms with E-state index in [2.05, 4.69) is 20.8 Å². The van der Waals surface area contributed by atoms with Crippen molar-refractivity contribution in [1.82, 2.24) is 0 Å². The average Bonchev–Trinajstić information content (AvgIpc) is 2.82. The molecule has 1 fully saturated rings. The molecule has 21 heavy (non-hydrogen) atoms. The van der Waals surface area contributed by atoms with Crippen LogP contribution in [0.15, 0.2) is 18.2 Å². The quantitative estimate of drug-likeness (QED) is 0.691. The summed E-state index contributed by atoms with van der Waals surface area (Å²) in [6, 6.07) is 5.83. The normalized spacial score (nSPS) is 20.5. The monoisotopic (exact) mass is 312 g/mol. The van der Waals surface area contributed by atoms with Gasteiger partial charge in [0.1, 0.15) is 18.1 Å². The van der Waals surface area contributed by atoms with Crippen molar-refractivity contribution in [1.29, 1.82) is 0 Å². The predicted octanol–water partition coefficient (Wildman–Crippen LogP) is 4.55. The molecular weight excluding hydrogens is 288 g/mol. The van der Waals surface area contributed by atoms with Gasteiger partial charge in [-0.25, -0.2) is 0 Å². The van der Waals surface area contributed by atoms with E-state index in [0.717, 1.165) is 36.3 Å². The van der Waals surface area contributed by atoms with Gasteiger partial charge in [-0.1, -0.05) is 13.0 Å². The van der Waals surface area contributed by atoms with Crippen LogP contribution in [0, 0.1) is 0 Å². The van der Waals surface area contributed by atoms with Crippen molar-refractivity contribution in [2.24, 2.45) is 0 Å². The summed E-state index contributed by atoms with van der Waals surface area (Å²) in [5.74, 6) is 2.06. The minimum absolute atomic E-state index is 0.0323. The molecule has 0 N–H and O–H groups in total. The van der Waals surface area contributed by atoms with Crippen molar-refractivity contribution in [3.05, 3.63) is 23.8 Å². The Morgan fingerprint density at radius 1 is 1.33 bits per heavy atom. The molecule has 118 valence electrons. The first-order valence-corrected chi connectivity index (χ1v) is 8.20. The number of ether oxygens (including phenoxy) is 3. The van der Waals surface area contributed by atoms with Crippen LogP contribution in [0.3, 0.4) is 0 Å². The number of rotatable bonds is 7. The van der Waals surface area contributed by atoms with Crippen LogP contribution >= 0.6 is 11.6 Å². The van der Waals surface area contributed by atoms with E-state index < -0.39 is 0 Å². The van der Waals surface area contributed by atoms with Gasteiger partial charge in [0.15, 0.2) is 0 Å². The molecule has 1 aromatic rings. The number of hydrogen-bond acceptors (Lipinski definition) is 3. The maximum absolute atomic E-state index is 5.98. The molecule has 1 unspecified atom stereocenters. The lowest BCUT2D eigenvalue weighted by atomic mass is 10.1. The summed E-state index contributed by atoms with van der Waals surface area (Å²) in [6.07, 6.45) is 3.25. The maximum Gasteiger partial charge on any atom is 0.127 e. The molecule has 1 atom stereocenters. The third-order valence-electron chi connectivity index (χ3n) is 3.63. The molecule has 0 amide bonds. The zero-order valence-corrected chi connectivity index (χ0v) is 13.9. The lowest BCUT2D eigenvalue weighted by Crippen LogP contribution is -2.24. The molecule has 1 aliphatic rings. The van der Waals surface area contributed by atoms with Gasteiger partial charge in [0.25, 0.3) is 0 Å². The van der Waals surface area contributed by atoms with Gasteiger partial charge >= 0.3 is 0 Å². The van der Waals surface area contributed by atoms with Crippen LogP contribution in [0.1, 0.15) is 45.6 Å². The Morgan fingerprint density at radius 2 is 2.14 bits per heavy atom. The average molecular weight is 313 g/mol. The molecule has 0 aromatic heterocycles. The minimum Gasteiger partial charge on any atom is -0.493 e. The highest BCUT2D eigenvalue weighted by Crippen LogP contribution is 2.31. The van der Waals surface area contributed by atoms with Crippen molar-refractivity contribution in [3.8, 4) is 11.5 Å². The summed E-state index contributed by atoms with van der Waals surface area (Å²) in [6.45, 7) is 7.60. The van der Waals surface area contributed by atoms with Crippen LogP contribution in [0.4, 0.5) is 0 Å². The highest BCUT2D eigenvalue weighted by molar-refractivity contribution is 6.17. The molecule has 3 nitrogen and oxygen atoms in total. The fourth-order valence-electron chi connectivity index (χ4n) is 2.47. The van der Waals surface area contributed by atoms with E-state index in [4.69, 9.17) is 25.8 Å². The highest BCUT2D eigenvalue weighted by atomic mass is 35.5. The molecule has 1 saturated heterocycles. The van der Waals surface area contributed by atoms with Gasteiger partial charge < -0.3 is 14.2 Å². The smallest absolute Gasteiger partial charge is 0.127 e. The van der Waals surface area contributed by atoms with Gasteiger partial charge in [0.05, 0.1) is 24.2 Å². The van der Waals surface area contributed by atoms with Crippen molar-refractivity contribution >= 4 is 11.6 Å². The molecule has 2 rings (SSSR count). The van der Waals surface area contributed by atoms with E-state index >= 15 is 0 Å². The third kappa shape index (κ3) is 4.79. The topological polar surface area (TPSA) is 27.7 Å². The Balaban J connectivity index is 1.97. The minimum atomic E-state index is -0.0323. The molecule has 4 heteroatoms. The van der Waals surface area contributed by atoms with Crippen molar-refractivity contribution in [2.45, 2.75) is 57.6 Å². The third-order valence-corrected chi connectivity index (χ3v) is 3.92. The Labute approximate surface area is 132 Å². The van der Waals surface area contributed by atoms with E-state index in [-0.39, 0.29) is 11.7 Å². The summed E-state index contributed by atoms with van der Waals surface area (Å²) in [5, 5.41) is 0. The Hall–Kier alpha value is -0.930. The number of halogens is 1. The van der Waals surface area contributed by atoms with Crippen LogP contribution in [0.5, 0.6) is 11.5 Å². The second-order valence-corrected chi connectivity index (χ2v) is 6.37. The Kier molecular flexibility index (Phi) is 5.77. The summed E-state index contributed by atoms with van der Waals surface area (Å²) in [4.78, 5) is 0. The van der Waals surface area contributed by atoms with Crippen molar-refractivity contribution in [2.75, 3.05) is 13.2 Å². The van der Waals surface area contributed by atoms with Crippen LogP contribution in [0.25, 0.3) is 0 Å². The Morgan fingerprint density at radius 3 is 2.76 bits per heavy atom. The molecule has 0 aliphatic carbocycles. The van der Waals surface area contributed by atoms with Crippen LogP contribution < -0.4 is 9.47 Å². The van der Waals surface area contributed by atoms with E-state index in [1.807, 2.05) is 18.2 Å². The zero-order valence-electron chi connectivity index (χ0n) is 13.2. The van der Waals surface area contributed by atoms with Gasteiger partial charge in [0, 0.05) is 11.6 Å². The first-order valence-electron chi connectivity index (χ1n) is 7.66. The van der Waals surface area contributed by atoms with Gasteiger partial charge in [-0.3, -0.25) is 0 Å². The first-order chi connectivity index (χ1) is 10.0. The SMILES string of the molecule is CCCOc1ccc(CCl)c(OCC2CCC(C)(C)O2)c1. The van der Waals surface area contributed by atoms with Gasteiger partial charge in [-0.15, -0.1) is 11.6 Å². The van der Waals surface area contributed by atoms with Crippen LogP contribution in [-0.4, -0.2) is 24.9 Å². The molecule has 0 bridgehead atoms. The van der Waals surface area contributed by atoms with E-state index in [0.29, 0.717) is 19.1 Å². The molecule has 1 heterocycles. The molecule has 1 aromatic carbocycles. The number of hydrogen-bond donors (Lipinski definition) is 0. The van der Waals surface area contributed by atoms with Crippen LogP contribution in [0.2, 0.25) is 0 Å². The van der Waals surface area contributed by atoms with E-state index in [9.17, 15) is 0 Å². The lowest BCUT2D eigenvalue weighted by Gasteiger charge is -2.20. The molecular formula is C17H25ClO3. The maximum atomic E-state index is 5.98. The fraction of sp³-hybridized carbons (Fsp3) is 0.647. The summed E-state index contributed by atoms with van der Waals surface area (Å²) in [5.41, 5.74) is 0.952. The second kappa shape index (κ2) is 7.37. The van der Waals surface area contributed by atoms with Crippen molar-refractivity contribution < 1.29 is 14.2 Å². The summed E-state index contributed by atoms with van der Waals surface area (Å²) >= 11 is 5.98. The van der Waals surface area contributed by atoms with Gasteiger partial charge in [-0.2, -0.15) is 0 Å². The predicted molar refractivity (Wildman–Crippen MR) is 85.5 cm³/mol. The lowest BCUT2D eigenvalue weighted by molar-refractivity contribution is -0.0327. The van der Waals surface area contributed by atoms with E-state index in [1.54, 1.807) is 0 Å². The fourth-order valence-corrected chi connectivity index (χ4v) is 2.69. The Bertz CT molecular complexity index is 459. The standard InChI is InChI=1S/C17H25ClO3/c1-4-9-19-14-6-5-13(11-18)16(10-14)20-12-15-7-8-17(2,3)21-15/h5-6,10,15H,4,7-9,11-12H2,1-3H3. The van der Waals surface area contributed by atoms with Crippen LogP contribution in [-0.2, 0) is 10.6 Å². The van der Waals surface area contributed by atoms with Gasteiger partial charge in [0.2, 0.25) is 0 Å². The zero-order chi connectivity index (χ0) is 15.3. The second-order valence-electron chi connectivity index (χ2n) is 6.10. The van der Waals surface area contributed by atoms with Gasteiger partial charge in [-0.05, 0) is 39.2 Å². The molecule has 1 aliphatic heterocycles. The summed E-state index contributed by atoms with van der Waals surface area (Å²) in [7, 11) is 0. The molecule has 0 radical (unpaired) electrons. The van der Waals surface area contributed by atoms with E-state index in [1.165, 1.54) is 0 Å². The number of alkyl halides is 1. The first kappa shape index (κ1) is 16.4. The van der Waals surface area contributed by atoms with Crippen molar-refractivity contribution in [3.63, 3.8) is 0 Å².